The Morgan fingerprint density at radius 3 is 2.33 bits per heavy atom. The van der Waals surface area contributed by atoms with E-state index in [9.17, 15) is 0 Å². The summed E-state index contributed by atoms with van der Waals surface area (Å²) in [5.41, 5.74) is 2.10. The first-order chi connectivity index (χ1) is 11.3. The molecular formula is C19H23BrClNO2. The van der Waals surface area contributed by atoms with Crippen LogP contribution in [-0.4, -0.2) is 12.6 Å². The molecule has 0 saturated heterocycles. The summed E-state index contributed by atoms with van der Waals surface area (Å²) < 4.78 is 12.6. The first-order valence-corrected chi connectivity index (χ1v) is 8.95. The maximum Gasteiger partial charge on any atom is 0.167 e. The van der Waals surface area contributed by atoms with E-state index in [0.29, 0.717) is 18.2 Å². The van der Waals surface area contributed by atoms with Crippen LogP contribution in [0.2, 0.25) is 5.02 Å². The summed E-state index contributed by atoms with van der Waals surface area (Å²) in [6.07, 6.45) is 0. The molecule has 24 heavy (non-hydrogen) atoms. The van der Waals surface area contributed by atoms with Gasteiger partial charge in [0.15, 0.2) is 11.5 Å². The normalized spacial score (nSPS) is 11.4. The van der Waals surface area contributed by atoms with Gasteiger partial charge in [0.2, 0.25) is 0 Å². The first kappa shape index (κ1) is 19.1. The van der Waals surface area contributed by atoms with Gasteiger partial charge in [-0.05, 0) is 50.6 Å². The monoisotopic (exact) mass is 411 g/mol. The SMILES string of the molecule is COc1ccc(Br)c(CNC(C)(C)C)c1OCc1ccc(Cl)cc1. The van der Waals surface area contributed by atoms with E-state index >= 15 is 0 Å². The third kappa shape index (κ3) is 5.40. The highest BCUT2D eigenvalue weighted by atomic mass is 79.9. The highest BCUT2D eigenvalue weighted by Crippen LogP contribution is 2.37. The Morgan fingerprint density at radius 2 is 1.75 bits per heavy atom. The third-order valence-electron chi connectivity index (χ3n) is 3.48. The molecule has 0 radical (unpaired) electrons. The summed E-state index contributed by atoms with van der Waals surface area (Å²) >= 11 is 9.55. The van der Waals surface area contributed by atoms with Crippen LogP contribution in [0.5, 0.6) is 11.5 Å². The van der Waals surface area contributed by atoms with Crippen LogP contribution < -0.4 is 14.8 Å². The van der Waals surface area contributed by atoms with Gasteiger partial charge in [-0.15, -0.1) is 0 Å². The largest absolute Gasteiger partial charge is 0.493 e. The number of hydrogen-bond donors (Lipinski definition) is 1. The number of halogens is 2. The molecule has 130 valence electrons. The summed E-state index contributed by atoms with van der Waals surface area (Å²) in [7, 11) is 1.65. The van der Waals surface area contributed by atoms with Crippen LogP contribution in [0.3, 0.4) is 0 Å². The van der Waals surface area contributed by atoms with Gasteiger partial charge in [0.05, 0.1) is 7.11 Å². The molecule has 0 aliphatic rings. The molecule has 0 aliphatic heterocycles. The molecule has 0 bridgehead atoms. The van der Waals surface area contributed by atoms with Gasteiger partial charge in [0.1, 0.15) is 6.61 Å². The molecule has 0 heterocycles. The first-order valence-electron chi connectivity index (χ1n) is 7.78. The van der Waals surface area contributed by atoms with Crippen LogP contribution in [0, 0.1) is 0 Å². The molecule has 0 aromatic heterocycles. The Bertz CT molecular complexity index is 681. The van der Waals surface area contributed by atoms with Crippen molar-refractivity contribution in [2.75, 3.05) is 7.11 Å². The van der Waals surface area contributed by atoms with Gasteiger partial charge >= 0.3 is 0 Å². The Kier molecular flexibility index (Phi) is 6.55. The second-order valence-corrected chi connectivity index (χ2v) is 7.87. The highest BCUT2D eigenvalue weighted by molar-refractivity contribution is 9.10. The van der Waals surface area contributed by atoms with Crippen molar-refractivity contribution in [2.24, 2.45) is 0 Å². The maximum absolute atomic E-state index is 6.09. The van der Waals surface area contributed by atoms with Crippen LogP contribution >= 0.6 is 27.5 Å². The number of rotatable bonds is 6. The Hall–Kier alpha value is -1.23. The molecular weight excluding hydrogens is 390 g/mol. The van der Waals surface area contributed by atoms with Gasteiger partial charge in [-0.2, -0.15) is 0 Å². The second-order valence-electron chi connectivity index (χ2n) is 6.58. The van der Waals surface area contributed by atoms with Crippen LogP contribution in [0.25, 0.3) is 0 Å². The Balaban J connectivity index is 2.24. The van der Waals surface area contributed by atoms with Crippen LogP contribution in [0.1, 0.15) is 31.9 Å². The molecule has 2 aromatic carbocycles. The van der Waals surface area contributed by atoms with Crippen LogP contribution in [0.15, 0.2) is 40.9 Å². The average molecular weight is 413 g/mol. The molecule has 0 unspecified atom stereocenters. The van der Waals surface area contributed by atoms with E-state index in [0.717, 1.165) is 27.1 Å². The number of benzene rings is 2. The average Bonchev–Trinajstić information content (AvgIpc) is 2.52. The molecule has 0 amide bonds. The maximum atomic E-state index is 6.09. The third-order valence-corrected chi connectivity index (χ3v) is 4.47. The lowest BCUT2D eigenvalue weighted by molar-refractivity contribution is 0.279. The van der Waals surface area contributed by atoms with Crippen molar-refractivity contribution in [3.05, 3.63) is 57.0 Å². The van der Waals surface area contributed by atoms with Crippen molar-refractivity contribution >= 4 is 27.5 Å². The fourth-order valence-corrected chi connectivity index (χ4v) is 2.73. The van der Waals surface area contributed by atoms with E-state index in [1.165, 1.54) is 0 Å². The van der Waals surface area contributed by atoms with E-state index in [-0.39, 0.29) is 5.54 Å². The minimum atomic E-state index is 0.00989. The zero-order valence-corrected chi connectivity index (χ0v) is 16.8. The van der Waals surface area contributed by atoms with Crippen molar-refractivity contribution in [1.82, 2.24) is 5.32 Å². The van der Waals surface area contributed by atoms with Crippen molar-refractivity contribution in [2.45, 2.75) is 39.5 Å². The van der Waals surface area contributed by atoms with Crippen LogP contribution in [0.4, 0.5) is 0 Å². The minimum Gasteiger partial charge on any atom is -0.493 e. The second kappa shape index (κ2) is 8.24. The minimum absolute atomic E-state index is 0.00989. The lowest BCUT2D eigenvalue weighted by Gasteiger charge is -2.23. The number of methoxy groups -OCH3 is 1. The lowest BCUT2D eigenvalue weighted by atomic mass is 10.1. The van der Waals surface area contributed by atoms with E-state index in [1.807, 2.05) is 36.4 Å². The van der Waals surface area contributed by atoms with Gasteiger partial charge < -0.3 is 14.8 Å². The summed E-state index contributed by atoms with van der Waals surface area (Å²) in [5.74, 6) is 1.47. The van der Waals surface area contributed by atoms with Crippen molar-refractivity contribution in [3.63, 3.8) is 0 Å². The molecule has 2 aromatic rings. The Labute approximate surface area is 157 Å². The van der Waals surface area contributed by atoms with E-state index in [1.54, 1.807) is 7.11 Å². The lowest BCUT2D eigenvalue weighted by Crippen LogP contribution is -2.35. The molecule has 5 heteroatoms. The van der Waals surface area contributed by atoms with Gasteiger partial charge in [0.25, 0.3) is 0 Å². The predicted octanol–water partition coefficient (Wildman–Crippen LogP) is 5.58. The molecule has 1 N–H and O–H groups in total. The van der Waals surface area contributed by atoms with Gasteiger partial charge in [0, 0.05) is 27.1 Å². The Morgan fingerprint density at radius 1 is 1.08 bits per heavy atom. The van der Waals surface area contributed by atoms with Crippen LogP contribution in [-0.2, 0) is 13.2 Å². The summed E-state index contributed by atoms with van der Waals surface area (Å²) in [5, 5.41) is 4.21. The molecule has 3 nitrogen and oxygen atoms in total. The fourth-order valence-electron chi connectivity index (χ4n) is 2.16. The smallest absolute Gasteiger partial charge is 0.167 e. The number of ether oxygens (including phenoxy) is 2. The summed E-state index contributed by atoms with van der Waals surface area (Å²) in [4.78, 5) is 0. The zero-order chi connectivity index (χ0) is 17.7. The molecule has 0 atom stereocenters. The van der Waals surface area contributed by atoms with Crippen molar-refractivity contribution < 1.29 is 9.47 Å². The van der Waals surface area contributed by atoms with Gasteiger partial charge in [-0.1, -0.05) is 39.7 Å². The summed E-state index contributed by atoms with van der Waals surface area (Å²) in [6, 6.07) is 11.5. The van der Waals surface area contributed by atoms with Gasteiger partial charge in [-0.25, -0.2) is 0 Å². The molecule has 0 aliphatic carbocycles. The predicted molar refractivity (Wildman–Crippen MR) is 103 cm³/mol. The van der Waals surface area contributed by atoms with Crippen molar-refractivity contribution in [3.8, 4) is 11.5 Å². The van der Waals surface area contributed by atoms with Crippen molar-refractivity contribution in [1.29, 1.82) is 0 Å². The molecule has 2 rings (SSSR count). The summed E-state index contributed by atoms with van der Waals surface area (Å²) in [6.45, 7) is 7.53. The molecule has 0 saturated carbocycles. The fraction of sp³-hybridized carbons (Fsp3) is 0.368. The van der Waals surface area contributed by atoms with E-state index in [4.69, 9.17) is 21.1 Å². The van der Waals surface area contributed by atoms with Gasteiger partial charge in [-0.3, -0.25) is 0 Å². The topological polar surface area (TPSA) is 30.5 Å². The van der Waals surface area contributed by atoms with E-state index in [2.05, 4.69) is 42.0 Å². The van der Waals surface area contributed by atoms with E-state index < -0.39 is 0 Å². The molecule has 0 fully saturated rings. The quantitative estimate of drug-likeness (QED) is 0.672. The molecule has 0 spiro atoms. The number of nitrogens with one attached hydrogen (secondary N) is 1. The number of hydrogen-bond acceptors (Lipinski definition) is 3. The highest BCUT2D eigenvalue weighted by Gasteiger charge is 2.17. The standard InChI is InChI=1S/C19H23BrClNO2/c1-19(2,3)22-11-15-16(20)9-10-17(23-4)18(15)24-12-13-5-7-14(21)8-6-13/h5-10,22H,11-12H2,1-4H3. The zero-order valence-electron chi connectivity index (χ0n) is 14.5.